The van der Waals surface area contributed by atoms with E-state index in [0.717, 1.165) is 16.2 Å². The number of thiophene rings is 1. The summed E-state index contributed by atoms with van der Waals surface area (Å²) in [5.41, 5.74) is 7.16. The van der Waals surface area contributed by atoms with Gasteiger partial charge in [0.25, 0.3) is 0 Å². The van der Waals surface area contributed by atoms with Crippen LogP contribution in [-0.4, -0.2) is 14.2 Å². The number of ether oxygens (including phenoxy) is 2. The first kappa shape index (κ1) is 13.2. The molecule has 2 N–H and O–H groups in total. The molecule has 0 amide bonds. The zero-order valence-corrected chi connectivity index (χ0v) is 11.7. The summed E-state index contributed by atoms with van der Waals surface area (Å²) in [5, 5.41) is 2.51. The molecule has 0 aliphatic carbocycles. The highest BCUT2D eigenvalue weighted by Gasteiger charge is 2.16. The van der Waals surface area contributed by atoms with Gasteiger partial charge in [-0.1, -0.05) is 17.7 Å². The fourth-order valence-electron chi connectivity index (χ4n) is 1.73. The van der Waals surface area contributed by atoms with Crippen molar-refractivity contribution in [3.63, 3.8) is 0 Å². The maximum Gasteiger partial charge on any atom is 0.137 e. The smallest absolute Gasteiger partial charge is 0.137 e. The highest BCUT2D eigenvalue weighted by atomic mass is 35.5. The van der Waals surface area contributed by atoms with Crippen molar-refractivity contribution in [2.24, 2.45) is 5.73 Å². The minimum Gasteiger partial charge on any atom is -0.496 e. The fraction of sp³-hybridized carbons (Fsp3) is 0.231. The topological polar surface area (TPSA) is 44.5 Å². The lowest BCUT2D eigenvalue weighted by atomic mass is 10.1. The van der Waals surface area contributed by atoms with E-state index >= 15 is 0 Å². The second-order valence-electron chi connectivity index (χ2n) is 3.72. The van der Waals surface area contributed by atoms with E-state index in [1.807, 2.05) is 29.6 Å². The van der Waals surface area contributed by atoms with Gasteiger partial charge in [0.1, 0.15) is 11.5 Å². The highest BCUT2D eigenvalue weighted by Crippen LogP contribution is 2.35. The van der Waals surface area contributed by atoms with Crippen molar-refractivity contribution in [3.05, 3.63) is 45.1 Å². The van der Waals surface area contributed by atoms with Gasteiger partial charge in [-0.15, -0.1) is 11.3 Å². The Morgan fingerprint density at radius 3 is 2.50 bits per heavy atom. The van der Waals surface area contributed by atoms with E-state index in [2.05, 4.69) is 0 Å². The fourth-order valence-corrected chi connectivity index (χ4v) is 2.89. The molecule has 3 nitrogen and oxygen atoms in total. The van der Waals surface area contributed by atoms with E-state index in [1.165, 1.54) is 0 Å². The molecule has 0 radical (unpaired) electrons. The summed E-state index contributed by atoms with van der Waals surface area (Å²) in [4.78, 5) is 0.985. The Hall–Kier alpha value is -1.23. The Kier molecular flexibility index (Phi) is 4.11. The first-order valence-corrected chi connectivity index (χ1v) is 6.63. The van der Waals surface area contributed by atoms with Gasteiger partial charge in [0.15, 0.2) is 0 Å². The van der Waals surface area contributed by atoms with Crippen LogP contribution >= 0.6 is 22.9 Å². The van der Waals surface area contributed by atoms with Crippen molar-refractivity contribution in [2.45, 2.75) is 6.04 Å². The summed E-state index contributed by atoms with van der Waals surface area (Å²) in [6.07, 6.45) is 0. The van der Waals surface area contributed by atoms with Gasteiger partial charge in [0, 0.05) is 0 Å². The number of methoxy groups -OCH3 is 2. The maximum atomic E-state index is 6.23. The standard InChI is InChI=1S/C13H14ClNO2S/c1-16-10-4-3-8(7-9(10)14)12(15)13-11(17-2)5-6-18-13/h3-7,12H,15H2,1-2H3. The van der Waals surface area contributed by atoms with E-state index in [0.29, 0.717) is 10.8 Å². The van der Waals surface area contributed by atoms with Crippen LogP contribution in [0.4, 0.5) is 0 Å². The predicted octanol–water partition coefficient (Wildman–Crippen LogP) is 3.47. The summed E-state index contributed by atoms with van der Waals surface area (Å²) < 4.78 is 10.4. The first-order valence-electron chi connectivity index (χ1n) is 5.37. The Balaban J connectivity index is 2.34. The molecule has 5 heteroatoms. The second-order valence-corrected chi connectivity index (χ2v) is 5.08. The van der Waals surface area contributed by atoms with Gasteiger partial charge in [-0.25, -0.2) is 0 Å². The van der Waals surface area contributed by atoms with Gasteiger partial charge in [-0.3, -0.25) is 0 Å². The zero-order valence-electron chi connectivity index (χ0n) is 10.1. The third-order valence-corrected chi connectivity index (χ3v) is 3.97. The van der Waals surface area contributed by atoms with E-state index in [9.17, 15) is 0 Å². The Labute approximate surface area is 115 Å². The molecule has 1 heterocycles. The molecule has 18 heavy (non-hydrogen) atoms. The number of halogens is 1. The zero-order chi connectivity index (χ0) is 13.1. The van der Waals surface area contributed by atoms with Gasteiger partial charge in [0.05, 0.1) is 30.2 Å². The van der Waals surface area contributed by atoms with E-state index in [-0.39, 0.29) is 6.04 Å². The molecule has 0 spiro atoms. The van der Waals surface area contributed by atoms with Crippen LogP contribution in [0.2, 0.25) is 5.02 Å². The largest absolute Gasteiger partial charge is 0.496 e. The molecule has 0 saturated heterocycles. The molecule has 1 aromatic carbocycles. The molecule has 0 aliphatic rings. The van der Waals surface area contributed by atoms with Crippen molar-refractivity contribution in [3.8, 4) is 11.5 Å². The van der Waals surface area contributed by atoms with Crippen LogP contribution in [0.15, 0.2) is 29.6 Å². The molecule has 0 saturated carbocycles. The highest BCUT2D eigenvalue weighted by molar-refractivity contribution is 7.10. The Morgan fingerprint density at radius 1 is 1.17 bits per heavy atom. The molecule has 96 valence electrons. The van der Waals surface area contributed by atoms with Crippen LogP contribution in [-0.2, 0) is 0 Å². The van der Waals surface area contributed by atoms with Crippen molar-refractivity contribution in [2.75, 3.05) is 14.2 Å². The first-order chi connectivity index (χ1) is 8.67. The molecule has 0 bridgehead atoms. The maximum absolute atomic E-state index is 6.23. The molecule has 1 aromatic heterocycles. The average molecular weight is 284 g/mol. The van der Waals surface area contributed by atoms with Gasteiger partial charge in [0.2, 0.25) is 0 Å². The number of rotatable bonds is 4. The molecular weight excluding hydrogens is 270 g/mol. The molecule has 1 atom stereocenters. The number of hydrogen-bond acceptors (Lipinski definition) is 4. The van der Waals surface area contributed by atoms with Crippen LogP contribution < -0.4 is 15.2 Å². The third-order valence-electron chi connectivity index (χ3n) is 2.69. The number of hydrogen-bond donors (Lipinski definition) is 1. The Morgan fingerprint density at radius 2 is 1.89 bits per heavy atom. The SMILES string of the molecule is COc1ccc(C(N)c2sccc2OC)cc1Cl. The summed E-state index contributed by atoms with van der Waals surface area (Å²) in [6.45, 7) is 0. The van der Waals surface area contributed by atoms with Crippen LogP contribution in [0.25, 0.3) is 0 Å². The molecule has 1 unspecified atom stereocenters. The van der Waals surface area contributed by atoms with Gasteiger partial charge in [-0.05, 0) is 29.1 Å². The van der Waals surface area contributed by atoms with Crippen LogP contribution in [0.1, 0.15) is 16.5 Å². The van der Waals surface area contributed by atoms with Crippen LogP contribution in [0.5, 0.6) is 11.5 Å². The summed E-state index contributed by atoms with van der Waals surface area (Å²) in [5.74, 6) is 1.45. The third kappa shape index (κ3) is 2.46. The quantitative estimate of drug-likeness (QED) is 0.934. The lowest BCUT2D eigenvalue weighted by Crippen LogP contribution is -2.11. The summed E-state index contributed by atoms with van der Waals surface area (Å²) >= 11 is 7.67. The molecule has 0 fully saturated rings. The lowest BCUT2D eigenvalue weighted by Gasteiger charge is -2.13. The lowest BCUT2D eigenvalue weighted by molar-refractivity contribution is 0.410. The van der Waals surface area contributed by atoms with Gasteiger partial charge >= 0.3 is 0 Å². The molecule has 0 aliphatic heterocycles. The van der Waals surface area contributed by atoms with Crippen molar-refractivity contribution in [1.82, 2.24) is 0 Å². The predicted molar refractivity (Wildman–Crippen MR) is 74.9 cm³/mol. The second kappa shape index (κ2) is 5.61. The van der Waals surface area contributed by atoms with Crippen molar-refractivity contribution in [1.29, 1.82) is 0 Å². The van der Waals surface area contributed by atoms with E-state index in [4.69, 9.17) is 26.8 Å². The molecular formula is C13H14ClNO2S. The number of nitrogens with two attached hydrogens (primary N) is 1. The van der Waals surface area contributed by atoms with Gasteiger partial charge < -0.3 is 15.2 Å². The van der Waals surface area contributed by atoms with Gasteiger partial charge in [-0.2, -0.15) is 0 Å². The van der Waals surface area contributed by atoms with Crippen molar-refractivity contribution >= 4 is 22.9 Å². The van der Waals surface area contributed by atoms with E-state index in [1.54, 1.807) is 25.6 Å². The minimum absolute atomic E-state index is 0.247. The van der Waals surface area contributed by atoms with Crippen LogP contribution in [0, 0.1) is 0 Å². The average Bonchev–Trinajstić information content (AvgIpc) is 2.86. The summed E-state index contributed by atoms with van der Waals surface area (Å²) in [6, 6.07) is 7.21. The van der Waals surface area contributed by atoms with E-state index < -0.39 is 0 Å². The molecule has 2 rings (SSSR count). The minimum atomic E-state index is -0.247. The normalized spacial score (nSPS) is 12.2. The summed E-state index contributed by atoms with van der Waals surface area (Å²) in [7, 11) is 3.22. The van der Waals surface area contributed by atoms with Crippen LogP contribution in [0.3, 0.4) is 0 Å². The van der Waals surface area contributed by atoms with Crippen molar-refractivity contribution < 1.29 is 9.47 Å². The monoisotopic (exact) mass is 283 g/mol. The Bertz CT molecular complexity index is 542. The molecule has 2 aromatic rings. The number of benzene rings is 1.